The molecular weight excluding hydrogens is 600 g/mol. The predicted octanol–water partition coefficient (Wildman–Crippen LogP) is 6.61. The maximum atomic E-state index is 13.4. The third kappa shape index (κ3) is 6.09. The summed E-state index contributed by atoms with van der Waals surface area (Å²) in [5, 5.41) is 14.5. The minimum atomic E-state index is -0.249. The lowest BCUT2D eigenvalue weighted by atomic mass is 10.1. The molecule has 0 saturated heterocycles. The second-order valence-corrected chi connectivity index (χ2v) is 10.1. The van der Waals surface area contributed by atoms with E-state index in [-0.39, 0.29) is 12.2 Å². The molecule has 0 aliphatic heterocycles. The number of nitrogens with zero attached hydrogens (tertiary/aromatic N) is 4. The molecule has 1 aromatic heterocycles. The zero-order chi connectivity index (χ0) is 26.4. The molecule has 0 aliphatic rings. The number of ether oxygens (including phenoxy) is 2. The Bertz CT molecular complexity index is 1570. The van der Waals surface area contributed by atoms with Crippen LogP contribution in [0, 0.1) is 11.3 Å². The second-order valence-electron chi connectivity index (χ2n) is 8.24. The zero-order valence-electron chi connectivity index (χ0n) is 20.4. The summed E-state index contributed by atoms with van der Waals surface area (Å²) >= 11 is 6.95. The number of unbranched alkanes of at least 4 members (excludes halogenated alkanes) is 1. The summed E-state index contributed by atoms with van der Waals surface area (Å²) in [6.07, 6.45) is 4.02. The van der Waals surface area contributed by atoms with Crippen molar-refractivity contribution in [3.05, 3.63) is 96.4 Å². The Balaban J connectivity index is 1.79. The highest BCUT2D eigenvalue weighted by Crippen LogP contribution is 2.35. The molecule has 0 radical (unpaired) electrons. The maximum absolute atomic E-state index is 13.4. The van der Waals surface area contributed by atoms with E-state index in [9.17, 15) is 10.1 Å². The normalized spacial score (nSPS) is 11.1. The average Bonchev–Trinajstić information content (AvgIpc) is 2.91. The van der Waals surface area contributed by atoms with Gasteiger partial charge in [-0.1, -0.05) is 63.4 Å². The Labute approximate surface area is 231 Å². The van der Waals surface area contributed by atoms with Gasteiger partial charge in [0.05, 0.1) is 35.9 Å². The lowest BCUT2D eigenvalue weighted by Gasteiger charge is -2.15. The number of benzene rings is 3. The molecule has 0 saturated carbocycles. The van der Waals surface area contributed by atoms with Crippen LogP contribution in [0.4, 0.5) is 0 Å². The van der Waals surface area contributed by atoms with Gasteiger partial charge in [0.1, 0.15) is 12.4 Å². The number of hydrogen-bond donors (Lipinski definition) is 0. The van der Waals surface area contributed by atoms with E-state index in [1.165, 1.54) is 4.68 Å². The molecule has 1 heterocycles. The van der Waals surface area contributed by atoms with Gasteiger partial charge in [-0.25, -0.2) is 4.98 Å². The van der Waals surface area contributed by atoms with Crippen molar-refractivity contribution in [1.82, 2.24) is 9.66 Å². The van der Waals surface area contributed by atoms with Gasteiger partial charge in [0.2, 0.25) is 0 Å². The van der Waals surface area contributed by atoms with Crippen LogP contribution < -0.4 is 15.0 Å². The summed E-state index contributed by atoms with van der Waals surface area (Å²) in [6, 6.07) is 18.5. The average molecular weight is 624 g/mol. The number of halogens is 2. The molecule has 4 rings (SSSR count). The summed E-state index contributed by atoms with van der Waals surface area (Å²) in [7, 11) is 1.55. The van der Waals surface area contributed by atoms with E-state index in [1.807, 2.05) is 36.4 Å². The number of methoxy groups -OCH3 is 1. The van der Waals surface area contributed by atoms with Crippen molar-refractivity contribution in [2.45, 2.75) is 32.8 Å². The largest absolute Gasteiger partial charge is 0.493 e. The van der Waals surface area contributed by atoms with Gasteiger partial charge in [-0.2, -0.15) is 15.0 Å². The first-order chi connectivity index (χ1) is 17.9. The lowest BCUT2D eigenvalue weighted by molar-refractivity contribution is 0.283. The quantitative estimate of drug-likeness (QED) is 0.196. The number of hydrogen-bond acceptors (Lipinski definition) is 6. The van der Waals surface area contributed by atoms with Gasteiger partial charge < -0.3 is 9.47 Å². The van der Waals surface area contributed by atoms with Gasteiger partial charge >= 0.3 is 0 Å². The number of rotatable bonds is 9. The zero-order valence-corrected chi connectivity index (χ0v) is 23.5. The Kier molecular flexibility index (Phi) is 8.74. The molecule has 0 fully saturated rings. The molecule has 0 aliphatic carbocycles. The van der Waals surface area contributed by atoms with Gasteiger partial charge in [0.15, 0.2) is 11.5 Å². The van der Waals surface area contributed by atoms with E-state index >= 15 is 0 Å². The summed E-state index contributed by atoms with van der Waals surface area (Å²) in [4.78, 5) is 18.2. The molecule has 188 valence electrons. The van der Waals surface area contributed by atoms with Crippen molar-refractivity contribution >= 4 is 49.0 Å². The SMILES string of the molecule is CCCCc1nc2ccc(Br)cc2c(=O)n1N=Cc1cc(Br)cc(OC)c1OCc1ccccc1C#N. The summed E-state index contributed by atoms with van der Waals surface area (Å²) in [6.45, 7) is 2.25. The molecule has 0 unspecified atom stereocenters. The van der Waals surface area contributed by atoms with E-state index in [0.29, 0.717) is 45.8 Å². The Morgan fingerprint density at radius 1 is 1.14 bits per heavy atom. The van der Waals surface area contributed by atoms with E-state index < -0.39 is 0 Å². The highest BCUT2D eigenvalue weighted by molar-refractivity contribution is 9.10. The van der Waals surface area contributed by atoms with Crippen LogP contribution in [-0.4, -0.2) is 23.0 Å². The minimum absolute atomic E-state index is 0.163. The van der Waals surface area contributed by atoms with Crippen molar-refractivity contribution in [2.75, 3.05) is 7.11 Å². The number of nitriles is 1. The molecule has 0 amide bonds. The van der Waals surface area contributed by atoms with Crippen molar-refractivity contribution in [3.8, 4) is 17.6 Å². The van der Waals surface area contributed by atoms with Crippen molar-refractivity contribution in [1.29, 1.82) is 5.26 Å². The Morgan fingerprint density at radius 2 is 1.95 bits per heavy atom. The summed E-state index contributed by atoms with van der Waals surface area (Å²) < 4.78 is 14.6. The Hall–Kier alpha value is -3.48. The maximum Gasteiger partial charge on any atom is 0.282 e. The fourth-order valence-corrected chi connectivity index (χ4v) is 4.64. The molecule has 37 heavy (non-hydrogen) atoms. The van der Waals surface area contributed by atoms with E-state index in [0.717, 1.165) is 27.4 Å². The molecule has 0 N–H and O–H groups in total. The third-order valence-electron chi connectivity index (χ3n) is 5.72. The summed E-state index contributed by atoms with van der Waals surface area (Å²) in [5.41, 5.74) is 2.27. The van der Waals surface area contributed by atoms with Crippen LogP contribution in [0.3, 0.4) is 0 Å². The standard InChI is InChI=1S/C28H24Br2N4O3/c1-3-4-9-26-33-24-11-10-21(29)13-23(24)28(35)34(26)32-16-20-12-22(30)14-25(36-2)27(20)37-17-19-8-6-5-7-18(19)15-31/h5-8,10-14,16H,3-4,9,17H2,1-2H3. The van der Waals surface area contributed by atoms with Crippen LogP contribution in [0.1, 0.15) is 42.3 Å². The van der Waals surface area contributed by atoms with E-state index in [4.69, 9.17) is 14.5 Å². The third-order valence-corrected chi connectivity index (χ3v) is 6.67. The van der Waals surface area contributed by atoms with E-state index in [2.05, 4.69) is 50.0 Å². The molecule has 0 bridgehead atoms. The van der Waals surface area contributed by atoms with Gasteiger partial charge in [0.25, 0.3) is 5.56 Å². The number of aromatic nitrogens is 2. The van der Waals surface area contributed by atoms with Crippen LogP contribution in [0.15, 0.2) is 73.4 Å². The van der Waals surface area contributed by atoms with Gasteiger partial charge in [-0.3, -0.25) is 4.79 Å². The molecule has 0 atom stereocenters. The highest BCUT2D eigenvalue weighted by Gasteiger charge is 2.15. The molecule has 3 aromatic carbocycles. The van der Waals surface area contributed by atoms with Crippen LogP contribution in [0.25, 0.3) is 10.9 Å². The molecule has 9 heteroatoms. The Morgan fingerprint density at radius 3 is 2.70 bits per heavy atom. The fraction of sp³-hybridized carbons (Fsp3) is 0.214. The van der Waals surface area contributed by atoms with Crippen LogP contribution in [0.2, 0.25) is 0 Å². The smallest absolute Gasteiger partial charge is 0.282 e. The molecule has 0 spiro atoms. The van der Waals surface area contributed by atoms with Gasteiger partial charge in [-0.15, -0.1) is 0 Å². The van der Waals surface area contributed by atoms with Crippen molar-refractivity contribution in [2.24, 2.45) is 5.10 Å². The molecule has 4 aromatic rings. The van der Waals surface area contributed by atoms with Crippen molar-refractivity contribution in [3.63, 3.8) is 0 Å². The highest BCUT2D eigenvalue weighted by atomic mass is 79.9. The van der Waals surface area contributed by atoms with Gasteiger partial charge in [-0.05, 0) is 42.8 Å². The first kappa shape index (κ1) is 26.6. The predicted molar refractivity (Wildman–Crippen MR) is 151 cm³/mol. The van der Waals surface area contributed by atoms with Crippen LogP contribution in [-0.2, 0) is 13.0 Å². The number of aryl methyl sites for hydroxylation is 1. The van der Waals surface area contributed by atoms with Crippen LogP contribution >= 0.6 is 31.9 Å². The topological polar surface area (TPSA) is 89.5 Å². The lowest BCUT2D eigenvalue weighted by Crippen LogP contribution is -2.22. The number of fused-ring (bicyclic) bond motifs is 1. The van der Waals surface area contributed by atoms with Crippen molar-refractivity contribution < 1.29 is 9.47 Å². The van der Waals surface area contributed by atoms with Gasteiger partial charge in [0, 0.05) is 26.5 Å². The first-order valence-electron chi connectivity index (χ1n) is 11.7. The molecule has 7 nitrogen and oxygen atoms in total. The summed E-state index contributed by atoms with van der Waals surface area (Å²) in [5.74, 6) is 1.52. The molecular formula is C28H24Br2N4O3. The fourth-order valence-electron chi connectivity index (χ4n) is 3.83. The minimum Gasteiger partial charge on any atom is -0.493 e. The van der Waals surface area contributed by atoms with E-state index in [1.54, 1.807) is 31.5 Å². The second kappa shape index (κ2) is 12.2. The van der Waals surface area contributed by atoms with Crippen LogP contribution in [0.5, 0.6) is 11.5 Å². The first-order valence-corrected chi connectivity index (χ1v) is 13.3. The monoisotopic (exact) mass is 622 g/mol.